The molecule has 0 saturated carbocycles. The second-order valence-corrected chi connectivity index (χ2v) is 7.87. The van der Waals surface area contributed by atoms with Crippen molar-refractivity contribution in [2.75, 3.05) is 13.7 Å². The van der Waals surface area contributed by atoms with Gasteiger partial charge in [-0.2, -0.15) is 0 Å². The van der Waals surface area contributed by atoms with Crippen molar-refractivity contribution >= 4 is 27.5 Å². The summed E-state index contributed by atoms with van der Waals surface area (Å²) in [5, 5.41) is 14.2. The third-order valence-corrected chi connectivity index (χ3v) is 5.28. The molecule has 0 amide bonds. The number of ether oxygens (including phenoxy) is 2. The lowest BCUT2D eigenvalue weighted by Gasteiger charge is -2.16. The van der Waals surface area contributed by atoms with E-state index in [0.29, 0.717) is 36.2 Å². The topological polar surface area (TPSA) is 50.7 Å². The van der Waals surface area contributed by atoms with Gasteiger partial charge in [-0.15, -0.1) is 0 Å². The minimum absolute atomic E-state index is 0.410. The van der Waals surface area contributed by atoms with Gasteiger partial charge in [0.25, 0.3) is 0 Å². The van der Waals surface area contributed by atoms with Gasteiger partial charge in [-0.05, 0) is 56.9 Å². The van der Waals surface area contributed by atoms with Crippen LogP contribution in [0.5, 0.6) is 11.5 Å². The van der Waals surface area contributed by atoms with Crippen molar-refractivity contribution < 1.29 is 14.6 Å². The average Bonchev–Trinajstić information content (AvgIpc) is 2.74. The summed E-state index contributed by atoms with van der Waals surface area (Å²) in [6, 6.07) is 21.1. The van der Waals surface area contributed by atoms with Crippen molar-refractivity contribution in [3.8, 4) is 11.5 Å². The van der Waals surface area contributed by atoms with E-state index in [4.69, 9.17) is 21.1 Å². The number of aliphatic hydroxyl groups is 1. The molecule has 3 rings (SSSR count). The maximum atomic E-state index is 10.3. The summed E-state index contributed by atoms with van der Waals surface area (Å²) in [5.41, 5.74) is 2.93. The SMILES string of the molecule is COc1cc(CNC[C@@H](O)c2ccccc2)cc(Br)c1OCc1ccc(Cl)cc1. The molecule has 0 heterocycles. The summed E-state index contributed by atoms with van der Waals surface area (Å²) in [6.07, 6.45) is -0.552. The molecule has 6 heteroatoms. The zero-order chi connectivity index (χ0) is 20.6. The molecular weight excluding hydrogens is 454 g/mol. The molecule has 1 atom stereocenters. The lowest BCUT2D eigenvalue weighted by molar-refractivity contribution is 0.174. The Morgan fingerprint density at radius 1 is 1.03 bits per heavy atom. The summed E-state index contributed by atoms with van der Waals surface area (Å²) in [6.45, 7) is 1.46. The van der Waals surface area contributed by atoms with Gasteiger partial charge in [0.05, 0.1) is 17.7 Å². The number of hydrogen-bond acceptors (Lipinski definition) is 4. The number of nitrogens with one attached hydrogen (secondary N) is 1. The van der Waals surface area contributed by atoms with Crippen LogP contribution in [0.2, 0.25) is 5.02 Å². The highest BCUT2D eigenvalue weighted by Gasteiger charge is 2.13. The fraction of sp³-hybridized carbons (Fsp3) is 0.217. The van der Waals surface area contributed by atoms with E-state index in [1.807, 2.05) is 66.7 Å². The first-order valence-electron chi connectivity index (χ1n) is 9.24. The van der Waals surface area contributed by atoms with E-state index in [1.165, 1.54) is 0 Å². The van der Waals surface area contributed by atoms with Crippen LogP contribution in [0.4, 0.5) is 0 Å². The van der Waals surface area contributed by atoms with Crippen LogP contribution in [-0.4, -0.2) is 18.8 Å². The molecule has 0 spiro atoms. The van der Waals surface area contributed by atoms with Gasteiger partial charge in [0.2, 0.25) is 0 Å². The maximum Gasteiger partial charge on any atom is 0.175 e. The van der Waals surface area contributed by atoms with Crippen LogP contribution in [0.3, 0.4) is 0 Å². The lowest BCUT2D eigenvalue weighted by atomic mass is 10.1. The number of halogens is 2. The van der Waals surface area contributed by atoms with E-state index in [0.717, 1.165) is 21.2 Å². The van der Waals surface area contributed by atoms with Crippen molar-refractivity contribution in [1.82, 2.24) is 5.32 Å². The van der Waals surface area contributed by atoms with Gasteiger partial charge in [0.1, 0.15) is 6.61 Å². The molecule has 4 nitrogen and oxygen atoms in total. The number of aliphatic hydroxyl groups excluding tert-OH is 1. The van der Waals surface area contributed by atoms with Crippen LogP contribution in [0.15, 0.2) is 71.2 Å². The first kappa shape index (κ1) is 21.7. The minimum Gasteiger partial charge on any atom is -0.493 e. The second kappa shape index (κ2) is 10.6. The Kier molecular flexibility index (Phi) is 7.95. The predicted molar refractivity (Wildman–Crippen MR) is 120 cm³/mol. The smallest absolute Gasteiger partial charge is 0.175 e. The molecule has 3 aromatic carbocycles. The molecule has 0 saturated heterocycles. The molecule has 29 heavy (non-hydrogen) atoms. The molecule has 2 N–H and O–H groups in total. The Morgan fingerprint density at radius 2 is 1.76 bits per heavy atom. The normalized spacial score (nSPS) is 11.9. The van der Waals surface area contributed by atoms with E-state index in [9.17, 15) is 5.11 Å². The van der Waals surface area contributed by atoms with Crippen molar-refractivity contribution in [2.45, 2.75) is 19.3 Å². The average molecular weight is 477 g/mol. The first-order chi connectivity index (χ1) is 14.1. The number of benzene rings is 3. The predicted octanol–water partition coefficient (Wildman–Crippen LogP) is 5.51. The Labute approximate surface area is 184 Å². The molecular formula is C23H23BrClNO3. The largest absolute Gasteiger partial charge is 0.493 e. The molecule has 3 aromatic rings. The van der Waals surface area contributed by atoms with E-state index in [-0.39, 0.29) is 0 Å². The Morgan fingerprint density at radius 3 is 2.45 bits per heavy atom. The summed E-state index contributed by atoms with van der Waals surface area (Å²) in [5.74, 6) is 1.30. The van der Waals surface area contributed by atoms with Crippen LogP contribution in [-0.2, 0) is 13.2 Å². The highest BCUT2D eigenvalue weighted by molar-refractivity contribution is 9.10. The molecule has 0 bridgehead atoms. The van der Waals surface area contributed by atoms with Gasteiger partial charge >= 0.3 is 0 Å². The van der Waals surface area contributed by atoms with Gasteiger partial charge in [0.15, 0.2) is 11.5 Å². The second-order valence-electron chi connectivity index (χ2n) is 6.58. The van der Waals surface area contributed by atoms with E-state index in [2.05, 4.69) is 21.2 Å². The van der Waals surface area contributed by atoms with E-state index < -0.39 is 6.10 Å². The zero-order valence-corrected chi connectivity index (χ0v) is 18.4. The van der Waals surface area contributed by atoms with Crippen LogP contribution < -0.4 is 14.8 Å². The standard InChI is InChI=1S/C23H23BrClNO3/c1-28-22-12-17(13-26-14-21(27)18-5-3-2-4-6-18)11-20(24)23(22)29-15-16-7-9-19(25)10-8-16/h2-12,21,26-27H,13-15H2,1H3/t21-/m1/s1. The third-order valence-electron chi connectivity index (χ3n) is 4.44. The lowest BCUT2D eigenvalue weighted by Crippen LogP contribution is -2.21. The van der Waals surface area contributed by atoms with Gasteiger partial charge < -0.3 is 19.9 Å². The summed E-state index contributed by atoms with van der Waals surface area (Å²) in [7, 11) is 1.62. The number of methoxy groups -OCH3 is 1. The fourth-order valence-electron chi connectivity index (χ4n) is 2.90. The molecule has 0 aliphatic heterocycles. The van der Waals surface area contributed by atoms with E-state index in [1.54, 1.807) is 7.11 Å². The first-order valence-corrected chi connectivity index (χ1v) is 10.4. The monoisotopic (exact) mass is 475 g/mol. The third kappa shape index (κ3) is 6.21. The molecule has 152 valence electrons. The summed E-state index contributed by atoms with van der Waals surface area (Å²) in [4.78, 5) is 0. The Hall–Kier alpha value is -2.05. The van der Waals surface area contributed by atoms with Crippen molar-refractivity contribution in [1.29, 1.82) is 0 Å². The van der Waals surface area contributed by atoms with Crippen LogP contribution in [0.1, 0.15) is 22.8 Å². The molecule has 0 radical (unpaired) electrons. The minimum atomic E-state index is -0.552. The van der Waals surface area contributed by atoms with Gasteiger partial charge in [-0.25, -0.2) is 0 Å². The summed E-state index contributed by atoms with van der Waals surface area (Å²) >= 11 is 9.50. The Bertz CT molecular complexity index is 919. The quantitative estimate of drug-likeness (QED) is 0.427. The maximum absolute atomic E-state index is 10.3. The fourth-order valence-corrected chi connectivity index (χ4v) is 3.63. The van der Waals surface area contributed by atoms with Gasteiger partial charge in [-0.1, -0.05) is 54.1 Å². The number of rotatable bonds is 9. The van der Waals surface area contributed by atoms with Crippen molar-refractivity contribution in [2.24, 2.45) is 0 Å². The molecule has 0 aromatic heterocycles. The van der Waals surface area contributed by atoms with Crippen LogP contribution in [0, 0.1) is 0 Å². The zero-order valence-electron chi connectivity index (χ0n) is 16.1. The van der Waals surface area contributed by atoms with Crippen molar-refractivity contribution in [3.63, 3.8) is 0 Å². The molecule has 0 unspecified atom stereocenters. The summed E-state index contributed by atoms with van der Waals surface area (Å²) < 4.78 is 12.3. The number of hydrogen-bond donors (Lipinski definition) is 2. The highest BCUT2D eigenvalue weighted by atomic mass is 79.9. The highest BCUT2D eigenvalue weighted by Crippen LogP contribution is 2.37. The molecule has 0 fully saturated rings. The molecule has 0 aliphatic rings. The van der Waals surface area contributed by atoms with Crippen LogP contribution in [0.25, 0.3) is 0 Å². The van der Waals surface area contributed by atoms with E-state index >= 15 is 0 Å². The van der Waals surface area contributed by atoms with Gasteiger partial charge in [0, 0.05) is 18.1 Å². The van der Waals surface area contributed by atoms with Crippen LogP contribution >= 0.6 is 27.5 Å². The Balaban J connectivity index is 1.60. The molecule has 0 aliphatic carbocycles. The van der Waals surface area contributed by atoms with Gasteiger partial charge in [-0.3, -0.25) is 0 Å². The van der Waals surface area contributed by atoms with Crippen molar-refractivity contribution in [3.05, 3.63) is 92.9 Å².